The molecule has 24 heavy (non-hydrogen) atoms. The third kappa shape index (κ3) is 3.81. The van der Waals surface area contributed by atoms with E-state index in [1.807, 2.05) is 0 Å². The summed E-state index contributed by atoms with van der Waals surface area (Å²) in [6.07, 6.45) is 1.39. The number of nitrogens with zero attached hydrogens (tertiary/aromatic N) is 1. The average Bonchev–Trinajstić information content (AvgIpc) is 3.12. The Bertz CT molecular complexity index is 727. The Kier molecular flexibility index (Phi) is 5.71. The van der Waals surface area contributed by atoms with Crippen molar-refractivity contribution in [3.63, 3.8) is 0 Å². The standard InChI is InChI=1S/C14H20N4O4S.ClH/c15-8-11-3-4-13(22-11)14(19)17-10-2-1-9-5-6-18(12(9)7-10)23(16,20)21;/h1-2,7,11,13H,3-6,8,15H2,(H,17,19)(H2,16,20,21);1H/t11-,13+;/m1./s1. The number of anilines is 2. The van der Waals surface area contributed by atoms with E-state index in [1.54, 1.807) is 18.2 Å². The highest BCUT2D eigenvalue weighted by Gasteiger charge is 2.31. The van der Waals surface area contributed by atoms with Crippen molar-refractivity contribution in [3.8, 4) is 0 Å². The number of hydrogen-bond donors (Lipinski definition) is 3. The number of hydrogen-bond acceptors (Lipinski definition) is 5. The fraction of sp³-hybridized carbons (Fsp3) is 0.500. The molecule has 0 saturated carbocycles. The van der Waals surface area contributed by atoms with Gasteiger partial charge in [-0.25, -0.2) is 5.14 Å². The lowest BCUT2D eigenvalue weighted by molar-refractivity contribution is -0.126. The molecule has 1 aromatic carbocycles. The number of nitrogens with two attached hydrogens (primary N) is 2. The lowest BCUT2D eigenvalue weighted by Gasteiger charge is -2.17. The van der Waals surface area contributed by atoms with Crippen LogP contribution in [-0.4, -0.2) is 39.6 Å². The third-order valence-corrected chi connectivity index (χ3v) is 5.17. The van der Waals surface area contributed by atoms with Crippen molar-refractivity contribution in [1.82, 2.24) is 0 Å². The van der Waals surface area contributed by atoms with E-state index in [9.17, 15) is 13.2 Å². The van der Waals surface area contributed by atoms with E-state index in [4.69, 9.17) is 15.6 Å². The third-order valence-electron chi connectivity index (χ3n) is 4.18. The molecule has 2 aliphatic heterocycles. The lowest BCUT2D eigenvalue weighted by Crippen LogP contribution is -2.35. The van der Waals surface area contributed by atoms with Crippen molar-refractivity contribution >= 4 is 39.9 Å². The molecule has 2 heterocycles. The fourth-order valence-electron chi connectivity index (χ4n) is 2.99. The van der Waals surface area contributed by atoms with Crippen molar-refractivity contribution in [3.05, 3.63) is 23.8 Å². The smallest absolute Gasteiger partial charge is 0.299 e. The zero-order chi connectivity index (χ0) is 16.6. The molecule has 0 spiro atoms. The zero-order valence-electron chi connectivity index (χ0n) is 13.0. The maximum absolute atomic E-state index is 12.2. The van der Waals surface area contributed by atoms with Gasteiger partial charge in [0.15, 0.2) is 0 Å². The summed E-state index contributed by atoms with van der Waals surface area (Å²) in [7, 11) is -3.81. The molecule has 2 atom stereocenters. The van der Waals surface area contributed by atoms with Gasteiger partial charge in [-0.3, -0.25) is 9.10 Å². The normalized spacial score (nSPS) is 22.8. The van der Waals surface area contributed by atoms with Crippen LogP contribution < -0.4 is 20.5 Å². The van der Waals surface area contributed by atoms with Gasteiger partial charge in [0.2, 0.25) is 0 Å². The topological polar surface area (TPSA) is 128 Å². The Morgan fingerprint density at radius 3 is 2.75 bits per heavy atom. The maximum atomic E-state index is 12.2. The summed E-state index contributed by atoms with van der Waals surface area (Å²) in [6, 6.07) is 5.17. The first-order chi connectivity index (χ1) is 10.9. The largest absolute Gasteiger partial charge is 0.364 e. The monoisotopic (exact) mass is 376 g/mol. The molecule has 0 aliphatic carbocycles. The van der Waals surface area contributed by atoms with Crippen LogP contribution in [-0.2, 0) is 26.2 Å². The Morgan fingerprint density at radius 1 is 1.38 bits per heavy atom. The number of carbonyl (C=O) groups is 1. The van der Waals surface area contributed by atoms with Crippen LogP contribution in [0.1, 0.15) is 18.4 Å². The van der Waals surface area contributed by atoms with Gasteiger partial charge in [-0.05, 0) is 37.0 Å². The Hall–Kier alpha value is -1.39. The van der Waals surface area contributed by atoms with Gasteiger partial charge in [0.1, 0.15) is 6.10 Å². The van der Waals surface area contributed by atoms with Crippen LogP contribution in [0.3, 0.4) is 0 Å². The molecular formula is C14H21ClN4O4S. The summed E-state index contributed by atoms with van der Waals surface area (Å²) in [5, 5.41) is 7.98. The highest BCUT2D eigenvalue weighted by Crippen LogP contribution is 2.32. The number of halogens is 1. The van der Waals surface area contributed by atoms with Gasteiger partial charge in [0.25, 0.3) is 16.1 Å². The lowest BCUT2D eigenvalue weighted by atomic mass is 10.1. The van der Waals surface area contributed by atoms with Gasteiger partial charge in [0.05, 0.1) is 11.8 Å². The molecule has 1 aromatic rings. The first kappa shape index (κ1) is 18.9. The van der Waals surface area contributed by atoms with E-state index in [0.717, 1.165) is 16.3 Å². The summed E-state index contributed by atoms with van der Waals surface area (Å²) in [5.74, 6) is -0.249. The van der Waals surface area contributed by atoms with Gasteiger partial charge in [0, 0.05) is 18.8 Å². The molecule has 1 amide bonds. The van der Waals surface area contributed by atoms with Crippen LogP contribution in [0.25, 0.3) is 0 Å². The van der Waals surface area contributed by atoms with Gasteiger partial charge in [-0.2, -0.15) is 8.42 Å². The van der Waals surface area contributed by atoms with Crippen molar-refractivity contribution in [2.45, 2.75) is 31.5 Å². The fourth-order valence-corrected chi connectivity index (χ4v) is 3.78. The minimum absolute atomic E-state index is 0. The van der Waals surface area contributed by atoms with E-state index in [0.29, 0.717) is 37.3 Å². The second kappa shape index (κ2) is 7.24. The maximum Gasteiger partial charge on any atom is 0.299 e. The van der Waals surface area contributed by atoms with Crippen LogP contribution in [0.15, 0.2) is 18.2 Å². The van der Waals surface area contributed by atoms with Crippen LogP contribution >= 0.6 is 12.4 Å². The Balaban J connectivity index is 0.00000208. The molecule has 0 radical (unpaired) electrons. The number of carbonyl (C=O) groups excluding carboxylic acids is 1. The molecule has 0 bridgehead atoms. The van der Waals surface area contributed by atoms with E-state index in [-0.39, 0.29) is 24.4 Å². The predicted molar refractivity (Wildman–Crippen MR) is 93.4 cm³/mol. The van der Waals surface area contributed by atoms with Crippen LogP contribution in [0.2, 0.25) is 0 Å². The van der Waals surface area contributed by atoms with Crippen molar-refractivity contribution in [2.75, 3.05) is 22.7 Å². The highest BCUT2D eigenvalue weighted by molar-refractivity contribution is 7.90. The molecule has 10 heteroatoms. The number of fused-ring (bicyclic) bond motifs is 1. The molecule has 1 fully saturated rings. The highest BCUT2D eigenvalue weighted by atomic mass is 35.5. The molecule has 3 rings (SSSR count). The SMILES string of the molecule is Cl.NC[C@H]1CC[C@@H](C(=O)Nc2ccc3c(c2)N(S(N)(=O)=O)CC3)O1. The zero-order valence-corrected chi connectivity index (χ0v) is 14.6. The first-order valence-electron chi connectivity index (χ1n) is 7.48. The summed E-state index contributed by atoms with van der Waals surface area (Å²) < 4.78 is 29.9. The van der Waals surface area contributed by atoms with E-state index in [2.05, 4.69) is 5.32 Å². The van der Waals surface area contributed by atoms with E-state index >= 15 is 0 Å². The summed E-state index contributed by atoms with van der Waals surface area (Å²) in [5.41, 5.74) is 7.45. The summed E-state index contributed by atoms with van der Waals surface area (Å²) in [4.78, 5) is 12.2. The molecule has 0 aromatic heterocycles. The van der Waals surface area contributed by atoms with Gasteiger partial charge < -0.3 is 15.8 Å². The minimum Gasteiger partial charge on any atom is -0.364 e. The molecule has 134 valence electrons. The van der Waals surface area contributed by atoms with E-state index < -0.39 is 16.3 Å². The minimum atomic E-state index is -3.81. The summed E-state index contributed by atoms with van der Waals surface area (Å²) in [6.45, 7) is 0.710. The molecule has 2 aliphatic rings. The number of ether oxygens (including phenoxy) is 1. The molecule has 5 N–H and O–H groups in total. The molecular weight excluding hydrogens is 356 g/mol. The number of nitrogens with one attached hydrogen (secondary N) is 1. The second-order valence-electron chi connectivity index (χ2n) is 5.76. The molecule has 8 nitrogen and oxygen atoms in total. The Morgan fingerprint density at radius 2 is 2.12 bits per heavy atom. The van der Waals surface area contributed by atoms with Crippen molar-refractivity contribution in [1.29, 1.82) is 0 Å². The van der Waals surface area contributed by atoms with Crippen LogP contribution in [0.4, 0.5) is 11.4 Å². The van der Waals surface area contributed by atoms with Gasteiger partial charge >= 0.3 is 0 Å². The van der Waals surface area contributed by atoms with E-state index in [1.165, 1.54) is 0 Å². The van der Waals surface area contributed by atoms with Crippen molar-refractivity contribution in [2.24, 2.45) is 10.9 Å². The van der Waals surface area contributed by atoms with Gasteiger partial charge in [-0.15, -0.1) is 12.4 Å². The molecule has 0 unspecified atom stereocenters. The number of benzene rings is 1. The van der Waals surface area contributed by atoms with Crippen LogP contribution in [0, 0.1) is 0 Å². The number of rotatable bonds is 4. The first-order valence-corrected chi connectivity index (χ1v) is 8.98. The molecule has 1 saturated heterocycles. The Labute approximate surface area is 147 Å². The quantitative estimate of drug-likeness (QED) is 0.687. The van der Waals surface area contributed by atoms with Crippen LogP contribution in [0.5, 0.6) is 0 Å². The average molecular weight is 377 g/mol. The second-order valence-corrected chi connectivity index (χ2v) is 7.23. The van der Waals surface area contributed by atoms with Gasteiger partial charge in [-0.1, -0.05) is 6.07 Å². The predicted octanol–water partition coefficient (Wildman–Crippen LogP) is 0.119. The summed E-state index contributed by atoms with van der Waals surface area (Å²) >= 11 is 0. The number of amides is 1. The van der Waals surface area contributed by atoms with Crippen molar-refractivity contribution < 1.29 is 17.9 Å².